The molecule has 0 radical (unpaired) electrons. The Morgan fingerprint density at radius 3 is 2.46 bits per heavy atom. The summed E-state index contributed by atoms with van der Waals surface area (Å²) in [6.45, 7) is 0. The molecule has 2 aromatic rings. The van der Waals surface area contributed by atoms with Gasteiger partial charge in [0, 0.05) is 5.92 Å². The molecule has 6 heteroatoms. The molecule has 1 saturated carbocycles. The normalized spacial score (nSPS) is 14.6. The van der Waals surface area contributed by atoms with Gasteiger partial charge in [0.25, 0.3) is 0 Å². The minimum atomic E-state index is 0.0273. The zero-order valence-electron chi connectivity index (χ0n) is 13.3. The number of hydrogen-bond acceptors (Lipinski definition) is 5. The molecule has 24 heavy (non-hydrogen) atoms. The molecule has 2 N–H and O–H groups in total. The second kappa shape index (κ2) is 7.55. The van der Waals surface area contributed by atoms with Crippen LogP contribution in [-0.4, -0.2) is 16.1 Å². The molecule has 3 rings (SSSR count). The molecule has 0 unspecified atom stereocenters. The van der Waals surface area contributed by atoms with Crippen molar-refractivity contribution in [3.8, 4) is 6.07 Å². The van der Waals surface area contributed by atoms with E-state index in [0.717, 1.165) is 25.7 Å². The number of para-hydroxylation sites is 1. The van der Waals surface area contributed by atoms with Gasteiger partial charge in [0.05, 0.1) is 11.3 Å². The summed E-state index contributed by atoms with van der Waals surface area (Å²) in [6, 6.07) is 12.8. The van der Waals surface area contributed by atoms with Gasteiger partial charge in [-0.25, -0.2) is 0 Å². The van der Waals surface area contributed by atoms with Crippen LogP contribution in [0.2, 0.25) is 0 Å². The average molecular weight is 321 g/mol. The van der Waals surface area contributed by atoms with Crippen LogP contribution in [0.4, 0.5) is 17.3 Å². The fourth-order valence-electron chi connectivity index (χ4n) is 2.89. The van der Waals surface area contributed by atoms with Crippen molar-refractivity contribution in [3.63, 3.8) is 0 Å². The first-order chi connectivity index (χ1) is 11.8. The minimum Gasteiger partial charge on any atom is -0.338 e. The molecule has 1 fully saturated rings. The van der Waals surface area contributed by atoms with Crippen LogP contribution < -0.4 is 10.6 Å². The zero-order chi connectivity index (χ0) is 16.8. The zero-order valence-corrected chi connectivity index (χ0v) is 13.3. The fourth-order valence-corrected chi connectivity index (χ4v) is 2.89. The number of anilines is 3. The smallest absolute Gasteiger partial charge is 0.228 e. The lowest BCUT2D eigenvalue weighted by Crippen LogP contribution is -2.25. The van der Waals surface area contributed by atoms with Gasteiger partial charge in [-0.15, -0.1) is 10.2 Å². The molecule has 0 saturated heterocycles. The summed E-state index contributed by atoms with van der Waals surface area (Å²) in [7, 11) is 0. The Labute approximate surface area is 140 Å². The van der Waals surface area contributed by atoms with E-state index < -0.39 is 0 Å². The second-order valence-corrected chi connectivity index (χ2v) is 5.91. The lowest BCUT2D eigenvalue weighted by molar-refractivity contribution is -0.120. The predicted molar refractivity (Wildman–Crippen MR) is 91.7 cm³/mol. The van der Waals surface area contributed by atoms with Gasteiger partial charge in [-0.1, -0.05) is 31.4 Å². The number of hydrogen-bond donors (Lipinski definition) is 2. The SMILES string of the molecule is N#Cc1ccccc1Nc1ccc(NC(=O)C2CCCCC2)nn1. The maximum atomic E-state index is 12.2. The van der Waals surface area contributed by atoms with E-state index in [1.165, 1.54) is 6.42 Å². The number of nitrogens with zero attached hydrogens (tertiary/aromatic N) is 3. The molecule has 1 amide bonds. The number of rotatable bonds is 4. The molecular weight excluding hydrogens is 302 g/mol. The van der Waals surface area contributed by atoms with Crippen molar-refractivity contribution in [2.75, 3.05) is 10.6 Å². The second-order valence-electron chi connectivity index (χ2n) is 5.91. The largest absolute Gasteiger partial charge is 0.338 e. The van der Waals surface area contributed by atoms with Crippen molar-refractivity contribution < 1.29 is 4.79 Å². The third-order valence-corrected chi connectivity index (χ3v) is 4.20. The molecule has 1 heterocycles. The summed E-state index contributed by atoms with van der Waals surface area (Å²) >= 11 is 0. The van der Waals surface area contributed by atoms with Gasteiger partial charge in [-0.3, -0.25) is 4.79 Å². The Balaban J connectivity index is 1.63. The minimum absolute atomic E-state index is 0.0273. The number of nitrogens with one attached hydrogen (secondary N) is 2. The summed E-state index contributed by atoms with van der Waals surface area (Å²) in [5.41, 5.74) is 1.21. The molecule has 1 aliphatic carbocycles. The molecular formula is C18H19N5O. The first-order valence-corrected chi connectivity index (χ1v) is 8.17. The fraction of sp³-hybridized carbons (Fsp3) is 0.333. The molecule has 1 aromatic heterocycles. The number of carbonyl (C=O) groups excluding carboxylic acids is 1. The van der Waals surface area contributed by atoms with Gasteiger partial charge in [-0.05, 0) is 37.1 Å². The van der Waals surface area contributed by atoms with Crippen LogP contribution in [0.3, 0.4) is 0 Å². The topological polar surface area (TPSA) is 90.7 Å². The maximum absolute atomic E-state index is 12.2. The molecule has 6 nitrogen and oxygen atoms in total. The summed E-state index contributed by atoms with van der Waals surface area (Å²) < 4.78 is 0. The van der Waals surface area contributed by atoms with E-state index in [-0.39, 0.29) is 11.8 Å². The number of amides is 1. The van der Waals surface area contributed by atoms with Gasteiger partial charge < -0.3 is 10.6 Å². The summed E-state index contributed by atoms with van der Waals surface area (Å²) in [6.07, 6.45) is 5.34. The van der Waals surface area contributed by atoms with Crippen LogP contribution in [0.1, 0.15) is 37.7 Å². The van der Waals surface area contributed by atoms with E-state index in [1.54, 1.807) is 30.3 Å². The average Bonchev–Trinajstić information content (AvgIpc) is 2.64. The Bertz CT molecular complexity index is 745. The Hall–Kier alpha value is -2.94. The van der Waals surface area contributed by atoms with Crippen LogP contribution in [-0.2, 0) is 4.79 Å². The van der Waals surface area contributed by atoms with Crippen molar-refractivity contribution in [2.45, 2.75) is 32.1 Å². The Kier molecular flexibility index (Phi) is 5.02. The van der Waals surface area contributed by atoms with E-state index >= 15 is 0 Å². The van der Waals surface area contributed by atoms with Gasteiger partial charge in [0.1, 0.15) is 6.07 Å². The highest BCUT2D eigenvalue weighted by Gasteiger charge is 2.21. The first-order valence-electron chi connectivity index (χ1n) is 8.17. The summed E-state index contributed by atoms with van der Waals surface area (Å²) in [5.74, 6) is 1.08. The van der Waals surface area contributed by atoms with E-state index in [2.05, 4.69) is 26.9 Å². The van der Waals surface area contributed by atoms with Gasteiger partial charge in [0.15, 0.2) is 11.6 Å². The van der Waals surface area contributed by atoms with Crippen LogP contribution >= 0.6 is 0 Å². The highest BCUT2D eigenvalue weighted by molar-refractivity contribution is 5.91. The van der Waals surface area contributed by atoms with Crippen LogP contribution in [0.5, 0.6) is 0 Å². The number of carbonyl (C=O) groups is 1. The van der Waals surface area contributed by atoms with Crippen molar-refractivity contribution in [2.24, 2.45) is 5.92 Å². The van der Waals surface area contributed by atoms with Crippen molar-refractivity contribution in [1.29, 1.82) is 5.26 Å². The first kappa shape index (κ1) is 15.9. The van der Waals surface area contributed by atoms with Crippen LogP contribution in [0, 0.1) is 17.2 Å². The lowest BCUT2D eigenvalue weighted by Gasteiger charge is -2.20. The van der Waals surface area contributed by atoms with Crippen LogP contribution in [0.15, 0.2) is 36.4 Å². The quantitative estimate of drug-likeness (QED) is 0.897. The molecule has 122 valence electrons. The highest BCUT2D eigenvalue weighted by Crippen LogP contribution is 2.25. The van der Waals surface area contributed by atoms with E-state index in [1.807, 2.05) is 6.07 Å². The van der Waals surface area contributed by atoms with Gasteiger partial charge >= 0.3 is 0 Å². The third-order valence-electron chi connectivity index (χ3n) is 4.20. The van der Waals surface area contributed by atoms with Crippen LogP contribution in [0.25, 0.3) is 0 Å². The molecule has 0 atom stereocenters. The molecule has 1 aliphatic rings. The van der Waals surface area contributed by atoms with Gasteiger partial charge in [-0.2, -0.15) is 5.26 Å². The van der Waals surface area contributed by atoms with E-state index in [4.69, 9.17) is 5.26 Å². The number of nitriles is 1. The maximum Gasteiger partial charge on any atom is 0.228 e. The molecule has 0 aliphatic heterocycles. The lowest BCUT2D eigenvalue weighted by atomic mass is 9.89. The Morgan fingerprint density at radius 2 is 1.75 bits per heavy atom. The van der Waals surface area contributed by atoms with Gasteiger partial charge in [0.2, 0.25) is 5.91 Å². The standard InChI is InChI=1S/C18H19N5O/c19-12-14-8-4-5-9-15(14)20-16-10-11-17(23-22-16)21-18(24)13-6-2-1-3-7-13/h4-5,8-11,13H,1-3,6-7H2,(H,20,22)(H,21,23,24). The van der Waals surface area contributed by atoms with E-state index in [0.29, 0.717) is 22.9 Å². The molecule has 0 spiro atoms. The van der Waals surface area contributed by atoms with E-state index in [9.17, 15) is 4.79 Å². The summed E-state index contributed by atoms with van der Waals surface area (Å²) in [4.78, 5) is 12.2. The monoisotopic (exact) mass is 321 g/mol. The third kappa shape index (κ3) is 3.87. The molecule has 0 bridgehead atoms. The predicted octanol–water partition coefficient (Wildman–Crippen LogP) is 3.61. The summed E-state index contributed by atoms with van der Waals surface area (Å²) in [5, 5.41) is 23.1. The highest BCUT2D eigenvalue weighted by atomic mass is 16.1. The number of benzene rings is 1. The Morgan fingerprint density at radius 1 is 1.04 bits per heavy atom. The number of aromatic nitrogens is 2. The van der Waals surface area contributed by atoms with Crippen molar-refractivity contribution >= 4 is 23.2 Å². The molecule has 1 aromatic carbocycles. The van der Waals surface area contributed by atoms with Crippen molar-refractivity contribution in [3.05, 3.63) is 42.0 Å². The van der Waals surface area contributed by atoms with Crippen molar-refractivity contribution in [1.82, 2.24) is 10.2 Å².